The molecule has 2 rings (SSSR count). The molecule has 0 bridgehead atoms. The number of benzene rings is 1. The molecule has 1 N–H and O–H groups in total. The molecule has 1 aromatic heterocycles. The van der Waals surface area contributed by atoms with E-state index in [1.54, 1.807) is 20.3 Å². The summed E-state index contributed by atoms with van der Waals surface area (Å²) in [5.41, 5.74) is 2.73. The molecule has 0 spiro atoms. The maximum Gasteiger partial charge on any atom is 0.149 e. The fourth-order valence-corrected chi connectivity index (χ4v) is 2.58. The van der Waals surface area contributed by atoms with E-state index in [0.29, 0.717) is 16.5 Å². The van der Waals surface area contributed by atoms with Gasteiger partial charge in [-0.2, -0.15) is 0 Å². The van der Waals surface area contributed by atoms with Crippen LogP contribution in [0.5, 0.6) is 11.5 Å². The first kappa shape index (κ1) is 14.7. The molecule has 0 amide bonds. The number of halogens is 1. The molecule has 0 fully saturated rings. The summed E-state index contributed by atoms with van der Waals surface area (Å²) < 4.78 is 10.8. The van der Waals surface area contributed by atoms with E-state index in [4.69, 9.17) is 26.1 Å². The Kier molecular flexibility index (Phi) is 4.55. The highest BCUT2D eigenvalue weighted by molar-refractivity contribution is 6.34. The second-order valence-corrected chi connectivity index (χ2v) is 4.89. The molecule has 0 radical (unpaired) electrons. The van der Waals surface area contributed by atoms with Crippen molar-refractivity contribution >= 4 is 28.2 Å². The van der Waals surface area contributed by atoms with E-state index in [9.17, 15) is 0 Å². The summed E-state index contributed by atoms with van der Waals surface area (Å²) in [6.07, 6.45) is 1.95. The Bertz CT molecular complexity index is 629. The third kappa shape index (κ3) is 2.48. The standard InChI is InChI=1S/C15H19ClN2O2/c1-5-6-9-7-11(17-2)13-14(18-9)12(19-3)8-10(16)15(13)20-4/h7-8H,5-6H2,1-4H3,(H,17,18). The van der Waals surface area contributed by atoms with E-state index in [1.165, 1.54) is 0 Å². The largest absolute Gasteiger partial charge is 0.494 e. The molecular formula is C15H19ClN2O2. The number of fused-ring (bicyclic) bond motifs is 1. The number of rotatable bonds is 5. The maximum atomic E-state index is 6.26. The smallest absolute Gasteiger partial charge is 0.149 e. The lowest BCUT2D eigenvalue weighted by Crippen LogP contribution is -2.00. The van der Waals surface area contributed by atoms with Crippen LogP contribution >= 0.6 is 11.6 Å². The van der Waals surface area contributed by atoms with Crippen LogP contribution in [0, 0.1) is 0 Å². The molecule has 2 aromatic rings. The summed E-state index contributed by atoms with van der Waals surface area (Å²) in [7, 11) is 5.09. The highest BCUT2D eigenvalue weighted by atomic mass is 35.5. The molecule has 1 aromatic carbocycles. The van der Waals surface area contributed by atoms with E-state index in [2.05, 4.69) is 12.2 Å². The van der Waals surface area contributed by atoms with Gasteiger partial charge >= 0.3 is 0 Å². The Labute approximate surface area is 124 Å². The summed E-state index contributed by atoms with van der Waals surface area (Å²) in [5.74, 6) is 1.27. The fraction of sp³-hybridized carbons (Fsp3) is 0.400. The third-order valence-electron chi connectivity index (χ3n) is 3.21. The number of ether oxygens (including phenoxy) is 2. The lowest BCUT2D eigenvalue weighted by atomic mass is 10.1. The molecule has 4 nitrogen and oxygen atoms in total. The number of nitrogens with zero attached hydrogens (tertiary/aromatic N) is 1. The van der Waals surface area contributed by atoms with Gasteiger partial charge in [0.25, 0.3) is 0 Å². The number of hydrogen-bond acceptors (Lipinski definition) is 4. The molecule has 0 saturated heterocycles. The highest BCUT2D eigenvalue weighted by Gasteiger charge is 2.17. The molecule has 0 aliphatic carbocycles. The molecule has 0 aliphatic rings. The number of aromatic nitrogens is 1. The van der Waals surface area contributed by atoms with E-state index >= 15 is 0 Å². The fourth-order valence-electron chi connectivity index (χ4n) is 2.31. The van der Waals surface area contributed by atoms with Gasteiger partial charge in [-0.25, -0.2) is 4.98 Å². The van der Waals surface area contributed by atoms with Gasteiger partial charge in [-0.3, -0.25) is 0 Å². The van der Waals surface area contributed by atoms with Gasteiger partial charge in [-0.05, 0) is 12.5 Å². The van der Waals surface area contributed by atoms with Crippen LogP contribution in [-0.4, -0.2) is 26.3 Å². The van der Waals surface area contributed by atoms with E-state index in [-0.39, 0.29) is 0 Å². The zero-order valence-electron chi connectivity index (χ0n) is 12.2. The van der Waals surface area contributed by atoms with Gasteiger partial charge in [0, 0.05) is 24.5 Å². The lowest BCUT2D eigenvalue weighted by Gasteiger charge is -2.15. The second kappa shape index (κ2) is 6.18. The minimum atomic E-state index is 0.512. The predicted octanol–water partition coefficient (Wildman–Crippen LogP) is 3.90. The molecule has 0 atom stereocenters. The van der Waals surface area contributed by atoms with E-state index < -0.39 is 0 Å². The molecule has 5 heteroatoms. The van der Waals surface area contributed by atoms with Crippen molar-refractivity contribution in [2.24, 2.45) is 0 Å². The number of nitrogens with one attached hydrogen (secondary N) is 1. The van der Waals surface area contributed by atoms with E-state index in [0.717, 1.165) is 35.1 Å². The van der Waals surface area contributed by atoms with Crippen LogP contribution < -0.4 is 14.8 Å². The van der Waals surface area contributed by atoms with Gasteiger partial charge in [-0.1, -0.05) is 24.9 Å². The summed E-state index contributed by atoms with van der Waals surface area (Å²) in [4.78, 5) is 4.69. The SMILES string of the molecule is CCCc1cc(NC)c2c(OC)c(Cl)cc(OC)c2n1. The number of aryl methyl sites for hydroxylation is 1. The van der Waals surface area contributed by atoms with Crippen molar-refractivity contribution < 1.29 is 9.47 Å². The zero-order valence-corrected chi connectivity index (χ0v) is 13.0. The average molecular weight is 295 g/mol. The first-order valence-electron chi connectivity index (χ1n) is 6.58. The van der Waals surface area contributed by atoms with Gasteiger partial charge < -0.3 is 14.8 Å². The summed E-state index contributed by atoms with van der Waals surface area (Å²) in [6.45, 7) is 2.13. The average Bonchev–Trinajstić information content (AvgIpc) is 2.46. The van der Waals surface area contributed by atoms with Crippen LogP contribution in [0.3, 0.4) is 0 Å². The van der Waals surface area contributed by atoms with E-state index in [1.807, 2.05) is 13.1 Å². The van der Waals surface area contributed by atoms with Crippen molar-refractivity contribution in [2.45, 2.75) is 19.8 Å². The summed E-state index contributed by atoms with van der Waals surface area (Å²) in [6, 6.07) is 3.77. The molecule has 0 unspecified atom stereocenters. The van der Waals surface area contributed by atoms with Gasteiger partial charge in [0.05, 0.1) is 24.6 Å². The van der Waals surface area contributed by atoms with Crippen LogP contribution in [-0.2, 0) is 6.42 Å². The Balaban J connectivity index is 2.86. The second-order valence-electron chi connectivity index (χ2n) is 4.48. The number of hydrogen-bond donors (Lipinski definition) is 1. The van der Waals surface area contributed by atoms with Crippen LogP contribution in [0.15, 0.2) is 12.1 Å². The zero-order chi connectivity index (χ0) is 14.7. The predicted molar refractivity (Wildman–Crippen MR) is 83.4 cm³/mol. The van der Waals surface area contributed by atoms with Gasteiger partial charge in [0.2, 0.25) is 0 Å². The normalized spacial score (nSPS) is 10.7. The van der Waals surface area contributed by atoms with Crippen molar-refractivity contribution in [1.82, 2.24) is 4.98 Å². The minimum absolute atomic E-state index is 0.512. The van der Waals surface area contributed by atoms with Crippen molar-refractivity contribution in [2.75, 3.05) is 26.6 Å². The van der Waals surface area contributed by atoms with Crippen LogP contribution in [0.2, 0.25) is 5.02 Å². The molecule has 108 valence electrons. The quantitative estimate of drug-likeness (QED) is 0.908. The number of methoxy groups -OCH3 is 2. The van der Waals surface area contributed by atoms with Gasteiger partial charge in [-0.15, -0.1) is 0 Å². The topological polar surface area (TPSA) is 43.4 Å². The van der Waals surface area contributed by atoms with Crippen LogP contribution in [0.1, 0.15) is 19.0 Å². The molecule has 20 heavy (non-hydrogen) atoms. The highest BCUT2D eigenvalue weighted by Crippen LogP contribution is 2.42. The number of pyridine rings is 1. The van der Waals surface area contributed by atoms with Crippen LogP contribution in [0.4, 0.5) is 5.69 Å². The maximum absolute atomic E-state index is 6.26. The van der Waals surface area contributed by atoms with Crippen molar-refractivity contribution in [3.8, 4) is 11.5 Å². The lowest BCUT2D eigenvalue weighted by molar-refractivity contribution is 0.410. The van der Waals surface area contributed by atoms with Crippen molar-refractivity contribution in [1.29, 1.82) is 0 Å². The van der Waals surface area contributed by atoms with Crippen LogP contribution in [0.25, 0.3) is 10.9 Å². The molecular weight excluding hydrogens is 276 g/mol. The van der Waals surface area contributed by atoms with Gasteiger partial charge in [0.15, 0.2) is 0 Å². The van der Waals surface area contributed by atoms with Crippen molar-refractivity contribution in [3.05, 3.63) is 22.8 Å². The molecule has 0 aliphatic heterocycles. The first-order valence-corrected chi connectivity index (χ1v) is 6.95. The summed E-state index contributed by atoms with van der Waals surface area (Å²) >= 11 is 6.26. The Hall–Kier alpha value is -1.68. The Morgan fingerprint density at radius 2 is 2.00 bits per heavy atom. The third-order valence-corrected chi connectivity index (χ3v) is 3.49. The van der Waals surface area contributed by atoms with Gasteiger partial charge in [0.1, 0.15) is 17.0 Å². The molecule has 0 saturated carbocycles. The molecule has 1 heterocycles. The monoisotopic (exact) mass is 294 g/mol. The Morgan fingerprint density at radius 1 is 1.25 bits per heavy atom. The first-order chi connectivity index (χ1) is 9.65. The summed E-state index contributed by atoms with van der Waals surface area (Å²) in [5, 5.41) is 4.55. The number of anilines is 1. The van der Waals surface area contributed by atoms with Crippen molar-refractivity contribution in [3.63, 3.8) is 0 Å². The Morgan fingerprint density at radius 3 is 2.55 bits per heavy atom. The minimum Gasteiger partial charge on any atom is -0.494 e.